The molecule has 0 bridgehead atoms. The van der Waals surface area contributed by atoms with Gasteiger partial charge in [-0.25, -0.2) is 0 Å². The summed E-state index contributed by atoms with van der Waals surface area (Å²) in [5, 5.41) is 7.72. The molecule has 144 valence electrons. The van der Waals surface area contributed by atoms with E-state index in [1.54, 1.807) is 12.1 Å². The van der Waals surface area contributed by atoms with Crippen molar-refractivity contribution in [2.24, 2.45) is 5.92 Å². The molecular formula is C21H21ClN4O2. The molecule has 2 aromatic carbocycles. The molecule has 0 atom stereocenters. The number of aromatic nitrogens is 2. The summed E-state index contributed by atoms with van der Waals surface area (Å²) in [5.74, 6) is 1.26. The minimum atomic E-state index is 0.0313. The van der Waals surface area contributed by atoms with Crippen molar-refractivity contribution in [3.8, 4) is 11.4 Å². The molecule has 0 aliphatic carbocycles. The van der Waals surface area contributed by atoms with Crippen LogP contribution in [0.2, 0.25) is 5.02 Å². The molecule has 0 spiro atoms. The number of nitrogens with one attached hydrogen (secondary N) is 1. The van der Waals surface area contributed by atoms with Gasteiger partial charge >= 0.3 is 0 Å². The van der Waals surface area contributed by atoms with Gasteiger partial charge in [0.25, 0.3) is 0 Å². The van der Waals surface area contributed by atoms with E-state index in [9.17, 15) is 4.79 Å². The van der Waals surface area contributed by atoms with Gasteiger partial charge in [-0.3, -0.25) is 9.69 Å². The number of benzene rings is 2. The first kappa shape index (κ1) is 18.7. The summed E-state index contributed by atoms with van der Waals surface area (Å²) in [7, 11) is 0. The summed E-state index contributed by atoms with van der Waals surface area (Å²) >= 11 is 5.91. The topological polar surface area (TPSA) is 71.3 Å². The van der Waals surface area contributed by atoms with E-state index >= 15 is 0 Å². The van der Waals surface area contributed by atoms with E-state index in [2.05, 4.69) is 20.4 Å². The number of halogens is 1. The van der Waals surface area contributed by atoms with Crippen LogP contribution in [0, 0.1) is 5.92 Å². The molecule has 1 saturated heterocycles. The zero-order valence-corrected chi connectivity index (χ0v) is 16.1. The zero-order valence-electron chi connectivity index (χ0n) is 15.3. The Kier molecular flexibility index (Phi) is 5.69. The summed E-state index contributed by atoms with van der Waals surface area (Å²) in [4.78, 5) is 19.2. The van der Waals surface area contributed by atoms with Gasteiger partial charge < -0.3 is 9.84 Å². The molecule has 1 aliphatic heterocycles. The van der Waals surface area contributed by atoms with Crippen LogP contribution in [0.3, 0.4) is 0 Å². The molecule has 7 heteroatoms. The lowest BCUT2D eigenvalue weighted by Gasteiger charge is -2.30. The lowest BCUT2D eigenvalue weighted by Crippen LogP contribution is -2.37. The highest BCUT2D eigenvalue weighted by atomic mass is 35.5. The summed E-state index contributed by atoms with van der Waals surface area (Å²) in [6, 6.07) is 16.9. The maximum absolute atomic E-state index is 12.4. The van der Waals surface area contributed by atoms with E-state index in [0.29, 0.717) is 23.3 Å². The largest absolute Gasteiger partial charge is 0.338 e. The van der Waals surface area contributed by atoms with Gasteiger partial charge in [-0.2, -0.15) is 4.98 Å². The molecule has 4 rings (SSSR count). The Hall–Kier alpha value is -2.70. The fourth-order valence-corrected chi connectivity index (χ4v) is 3.47. The predicted octanol–water partition coefficient (Wildman–Crippen LogP) is 4.24. The molecule has 1 fully saturated rings. The Balaban J connectivity index is 1.29. The SMILES string of the molecule is O=C(Nc1ccccc1)C1CCN(Cc2nc(-c3ccc(Cl)cc3)no2)CC1. The van der Waals surface area contributed by atoms with Crippen LogP contribution in [0.5, 0.6) is 0 Å². The molecule has 0 radical (unpaired) electrons. The van der Waals surface area contributed by atoms with E-state index < -0.39 is 0 Å². The molecule has 28 heavy (non-hydrogen) atoms. The van der Waals surface area contributed by atoms with Crippen molar-refractivity contribution in [3.05, 3.63) is 65.5 Å². The van der Waals surface area contributed by atoms with Crippen LogP contribution in [-0.2, 0) is 11.3 Å². The van der Waals surface area contributed by atoms with Gasteiger partial charge in [0.2, 0.25) is 17.6 Å². The third-order valence-electron chi connectivity index (χ3n) is 4.93. The second kappa shape index (κ2) is 8.54. The standard InChI is InChI=1S/C21H21ClN4O2/c22-17-8-6-15(7-9-17)20-24-19(28-25-20)14-26-12-10-16(11-13-26)21(27)23-18-4-2-1-3-5-18/h1-9,16H,10-14H2,(H,23,27). The van der Waals surface area contributed by atoms with Gasteiger partial charge in [-0.05, 0) is 62.3 Å². The van der Waals surface area contributed by atoms with Gasteiger partial charge in [-0.15, -0.1) is 0 Å². The Morgan fingerprint density at radius 2 is 1.82 bits per heavy atom. The maximum atomic E-state index is 12.4. The van der Waals surface area contributed by atoms with Crippen molar-refractivity contribution in [2.75, 3.05) is 18.4 Å². The van der Waals surface area contributed by atoms with E-state index in [0.717, 1.165) is 37.2 Å². The molecule has 1 amide bonds. The number of likely N-dealkylation sites (tertiary alicyclic amines) is 1. The first-order chi connectivity index (χ1) is 13.7. The lowest BCUT2D eigenvalue weighted by atomic mass is 9.96. The van der Waals surface area contributed by atoms with E-state index in [1.165, 1.54) is 0 Å². The first-order valence-corrected chi connectivity index (χ1v) is 9.72. The molecule has 0 unspecified atom stereocenters. The predicted molar refractivity (Wildman–Crippen MR) is 108 cm³/mol. The zero-order chi connectivity index (χ0) is 19.3. The number of nitrogens with zero attached hydrogens (tertiary/aromatic N) is 3. The van der Waals surface area contributed by atoms with Crippen LogP contribution in [0.4, 0.5) is 5.69 Å². The second-order valence-corrected chi connectivity index (χ2v) is 7.36. The molecule has 1 N–H and O–H groups in total. The molecule has 1 aliphatic rings. The molecule has 3 aromatic rings. The normalized spacial score (nSPS) is 15.5. The van der Waals surface area contributed by atoms with Crippen molar-refractivity contribution >= 4 is 23.2 Å². The van der Waals surface area contributed by atoms with E-state index in [1.807, 2.05) is 42.5 Å². The average molecular weight is 397 g/mol. The monoisotopic (exact) mass is 396 g/mol. The van der Waals surface area contributed by atoms with Crippen LogP contribution in [0.25, 0.3) is 11.4 Å². The number of para-hydroxylation sites is 1. The number of anilines is 1. The number of rotatable bonds is 5. The minimum Gasteiger partial charge on any atom is -0.338 e. The van der Waals surface area contributed by atoms with Crippen molar-refractivity contribution in [3.63, 3.8) is 0 Å². The minimum absolute atomic E-state index is 0.0313. The highest BCUT2D eigenvalue weighted by molar-refractivity contribution is 6.30. The van der Waals surface area contributed by atoms with Crippen molar-refractivity contribution in [2.45, 2.75) is 19.4 Å². The molecule has 2 heterocycles. The lowest BCUT2D eigenvalue weighted by molar-refractivity contribution is -0.121. The van der Waals surface area contributed by atoms with Gasteiger partial charge in [0.15, 0.2) is 0 Å². The second-order valence-electron chi connectivity index (χ2n) is 6.92. The van der Waals surface area contributed by atoms with Crippen LogP contribution >= 0.6 is 11.6 Å². The first-order valence-electron chi connectivity index (χ1n) is 9.34. The number of amides is 1. The quantitative estimate of drug-likeness (QED) is 0.698. The van der Waals surface area contributed by atoms with Gasteiger partial charge in [0.1, 0.15) is 0 Å². The third kappa shape index (κ3) is 4.58. The van der Waals surface area contributed by atoms with Crippen molar-refractivity contribution in [1.82, 2.24) is 15.0 Å². The Morgan fingerprint density at radius 3 is 2.54 bits per heavy atom. The number of piperidine rings is 1. The maximum Gasteiger partial charge on any atom is 0.241 e. The Bertz CT molecular complexity index is 919. The fraction of sp³-hybridized carbons (Fsp3) is 0.286. The Morgan fingerprint density at radius 1 is 1.11 bits per heavy atom. The number of carbonyl (C=O) groups excluding carboxylic acids is 1. The summed E-state index contributed by atoms with van der Waals surface area (Å²) in [6.45, 7) is 2.24. The molecule has 1 aromatic heterocycles. The van der Waals surface area contributed by atoms with E-state index in [-0.39, 0.29) is 11.8 Å². The summed E-state index contributed by atoms with van der Waals surface area (Å²) < 4.78 is 5.39. The number of carbonyl (C=O) groups is 1. The smallest absolute Gasteiger partial charge is 0.241 e. The summed E-state index contributed by atoms with van der Waals surface area (Å²) in [5.41, 5.74) is 1.71. The number of hydrogen-bond acceptors (Lipinski definition) is 5. The molecule has 0 saturated carbocycles. The average Bonchev–Trinajstić information content (AvgIpc) is 3.18. The van der Waals surface area contributed by atoms with Gasteiger partial charge in [0, 0.05) is 22.2 Å². The van der Waals surface area contributed by atoms with Gasteiger partial charge in [-0.1, -0.05) is 35.0 Å². The number of hydrogen-bond donors (Lipinski definition) is 1. The summed E-state index contributed by atoms with van der Waals surface area (Å²) in [6.07, 6.45) is 1.63. The Labute approximate surface area is 168 Å². The third-order valence-corrected chi connectivity index (χ3v) is 5.18. The van der Waals surface area contributed by atoms with E-state index in [4.69, 9.17) is 16.1 Å². The van der Waals surface area contributed by atoms with Crippen LogP contribution < -0.4 is 5.32 Å². The highest BCUT2D eigenvalue weighted by Crippen LogP contribution is 2.22. The molecular weight excluding hydrogens is 376 g/mol. The highest BCUT2D eigenvalue weighted by Gasteiger charge is 2.26. The van der Waals surface area contributed by atoms with Crippen LogP contribution in [0.1, 0.15) is 18.7 Å². The van der Waals surface area contributed by atoms with Crippen LogP contribution in [-0.4, -0.2) is 34.0 Å². The van der Waals surface area contributed by atoms with Crippen LogP contribution in [0.15, 0.2) is 59.1 Å². The fourth-order valence-electron chi connectivity index (χ4n) is 3.35. The van der Waals surface area contributed by atoms with Crippen molar-refractivity contribution < 1.29 is 9.32 Å². The van der Waals surface area contributed by atoms with Gasteiger partial charge in [0.05, 0.1) is 6.54 Å². The molecule has 6 nitrogen and oxygen atoms in total. The van der Waals surface area contributed by atoms with Crippen molar-refractivity contribution in [1.29, 1.82) is 0 Å².